The molecule has 126 valence electrons. The van der Waals surface area contributed by atoms with Crippen molar-refractivity contribution in [1.29, 1.82) is 0 Å². The number of benzene rings is 2. The van der Waals surface area contributed by atoms with Crippen molar-refractivity contribution in [2.24, 2.45) is 0 Å². The molecule has 0 saturated carbocycles. The molecule has 1 heterocycles. The minimum Gasteiger partial charge on any atom is -0.493 e. The number of thioether (sulfide) groups is 1. The Morgan fingerprint density at radius 1 is 1.08 bits per heavy atom. The highest BCUT2D eigenvalue weighted by atomic mass is 32.2. The molecule has 0 radical (unpaired) electrons. The topological polar surface area (TPSA) is 47.1 Å². The van der Waals surface area contributed by atoms with E-state index in [2.05, 4.69) is 23.8 Å². The first-order valence-corrected chi connectivity index (χ1v) is 9.20. The first-order chi connectivity index (χ1) is 11.7. The number of H-pyrrole nitrogens is 1. The average Bonchev–Trinajstić information content (AvgIpc) is 3.03. The van der Waals surface area contributed by atoms with E-state index >= 15 is 0 Å². The van der Waals surface area contributed by atoms with Crippen molar-refractivity contribution in [2.75, 3.05) is 12.4 Å². The van der Waals surface area contributed by atoms with Crippen LogP contribution in [0.5, 0.6) is 11.5 Å². The van der Waals surface area contributed by atoms with Gasteiger partial charge in [0.25, 0.3) is 0 Å². The summed E-state index contributed by atoms with van der Waals surface area (Å²) in [7, 11) is 0. The SMILES string of the molecule is CC[C@@H](C)Oc1ccc(OCCSc2nc3ccccc3[nH]2)cc1. The van der Waals surface area contributed by atoms with Gasteiger partial charge in [-0.3, -0.25) is 0 Å². The van der Waals surface area contributed by atoms with E-state index in [1.165, 1.54) is 0 Å². The molecule has 0 aliphatic heterocycles. The van der Waals surface area contributed by atoms with Crippen molar-refractivity contribution in [2.45, 2.75) is 31.5 Å². The molecule has 3 aromatic rings. The smallest absolute Gasteiger partial charge is 0.166 e. The van der Waals surface area contributed by atoms with Gasteiger partial charge < -0.3 is 14.5 Å². The molecule has 0 aliphatic carbocycles. The molecule has 1 aromatic heterocycles. The third-order valence-electron chi connectivity index (χ3n) is 3.69. The van der Waals surface area contributed by atoms with Crippen LogP contribution in [0.2, 0.25) is 0 Å². The summed E-state index contributed by atoms with van der Waals surface area (Å²) < 4.78 is 11.5. The van der Waals surface area contributed by atoms with Gasteiger partial charge in [0.05, 0.1) is 23.7 Å². The van der Waals surface area contributed by atoms with E-state index in [9.17, 15) is 0 Å². The highest BCUT2D eigenvalue weighted by molar-refractivity contribution is 7.99. The fraction of sp³-hybridized carbons (Fsp3) is 0.316. The summed E-state index contributed by atoms with van der Waals surface area (Å²) in [5, 5.41) is 0.928. The first kappa shape index (κ1) is 16.7. The molecule has 0 aliphatic rings. The molecule has 0 unspecified atom stereocenters. The van der Waals surface area contributed by atoms with Crippen LogP contribution in [0.3, 0.4) is 0 Å². The maximum absolute atomic E-state index is 5.77. The van der Waals surface area contributed by atoms with E-state index in [-0.39, 0.29) is 6.10 Å². The molecule has 1 atom stereocenters. The van der Waals surface area contributed by atoms with E-state index in [0.29, 0.717) is 6.61 Å². The largest absolute Gasteiger partial charge is 0.493 e. The van der Waals surface area contributed by atoms with Crippen molar-refractivity contribution in [3.05, 3.63) is 48.5 Å². The molecule has 3 rings (SSSR count). The lowest BCUT2D eigenvalue weighted by molar-refractivity contribution is 0.217. The van der Waals surface area contributed by atoms with Crippen LogP contribution in [0.25, 0.3) is 11.0 Å². The molecule has 0 fully saturated rings. The second-order valence-corrected chi connectivity index (χ2v) is 6.65. The summed E-state index contributed by atoms with van der Waals surface area (Å²) in [6.07, 6.45) is 1.23. The van der Waals surface area contributed by atoms with Crippen LogP contribution in [-0.4, -0.2) is 28.4 Å². The zero-order chi connectivity index (χ0) is 16.8. The van der Waals surface area contributed by atoms with Gasteiger partial charge in [0, 0.05) is 5.75 Å². The normalized spacial score (nSPS) is 12.2. The van der Waals surface area contributed by atoms with Crippen molar-refractivity contribution in [3.8, 4) is 11.5 Å². The van der Waals surface area contributed by atoms with Gasteiger partial charge in [-0.25, -0.2) is 4.98 Å². The fourth-order valence-corrected chi connectivity index (χ4v) is 2.93. The third-order valence-corrected chi connectivity index (χ3v) is 4.53. The lowest BCUT2D eigenvalue weighted by Gasteiger charge is -2.13. The number of nitrogens with zero attached hydrogens (tertiary/aromatic N) is 1. The Kier molecular flexibility index (Phi) is 5.64. The number of hydrogen-bond donors (Lipinski definition) is 1. The van der Waals surface area contributed by atoms with Crippen LogP contribution in [0.4, 0.5) is 0 Å². The molecule has 2 aromatic carbocycles. The van der Waals surface area contributed by atoms with Gasteiger partial charge in [-0.1, -0.05) is 30.8 Å². The first-order valence-electron chi connectivity index (χ1n) is 8.21. The van der Waals surface area contributed by atoms with Gasteiger partial charge in [-0.05, 0) is 49.7 Å². The standard InChI is InChI=1S/C19H22N2O2S/c1-3-14(2)23-16-10-8-15(9-11-16)22-12-13-24-19-20-17-6-4-5-7-18(17)21-19/h4-11,14H,3,12-13H2,1-2H3,(H,20,21)/t14-/m1/s1. The van der Waals surface area contributed by atoms with Crippen molar-refractivity contribution < 1.29 is 9.47 Å². The summed E-state index contributed by atoms with van der Waals surface area (Å²) in [5.74, 6) is 2.58. The predicted octanol–water partition coefficient (Wildman–Crippen LogP) is 4.91. The maximum atomic E-state index is 5.77. The Hall–Kier alpha value is -2.14. The second-order valence-electron chi connectivity index (χ2n) is 5.56. The fourth-order valence-electron chi connectivity index (χ4n) is 2.23. The van der Waals surface area contributed by atoms with Crippen molar-refractivity contribution in [1.82, 2.24) is 9.97 Å². The Bertz CT molecular complexity index is 737. The summed E-state index contributed by atoms with van der Waals surface area (Å²) in [5.41, 5.74) is 2.07. The number of rotatable bonds is 8. The average molecular weight is 342 g/mol. The van der Waals surface area contributed by atoms with Crippen molar-refractivity contribution >= 4 is 22.8 Å². The molecule has 0 spiro atoms. The second kappa shape index (κ2) is 8.11. The molecular formula is C19H22N2O2S. The molecule has 24 heavy (non-hydrogen) atoms. The number of para-hydroxylation sites is 2. The van der Waals surface area contributed by atoms with Crippen molar-refractivity contribution in [3.63, 3.8) is 0 Å². The monoisotopic (exact) mass is 342 g/mol. The quantitative estimate of drug-likeness (QED) is 0.467. The molecule has 0 saturated heterocycles. The third kappa shape index (κ3) is 4.45. The molecular weight excluding hydrogens is 320 g/mol. The molecule has 0 bridgehead atoms. The molecule has 4 nitrogen and oxygen atoms in total. The van der Waals surface area contributed by atoms with Gasteiger partial charge in [0.1, 0.15) is 11.5 Å². The number of imidazole rings is 1. The van der Waals surface area contributed by atoms with Crippen LogP contribution in [0.1, 0.15) is 20.3 Å². The Labute approximate surface area is 146 Å². The zero-order valence-corrected chi connectivity index (χ0v) is 14.8. The Balaban J connectivity index is 1.44. The number of nitrogens with one attached hydrogen (secondary N) is 1. The van der Waals surface area contributed by atoms with E-state index in [1.807, 2.05) is 48.5 Å². The van der Waals surface area contributed by atoms with Gasteiger partial charge in [0.2, 0.25) is 0 Å². The number of hydrogen-bond acceptors (Lipinski definition) is 4. The number of aromatic amines is 1. The van der Waals surface area contributed by atoms with E-state index in [1.54, 1.807) is 11.8 Å². The zero-order valence-electron chi connectivity index (χ0n) is 14.0. The van der Waals surface area contributed by atoms with Crippen LogP contribution in [0.15, 0.2) is 53.7 Å². The number of fused-ring (bicyclic) bond motifs is 1. The van der Waals surface area contributed by atoms with Gasteiger partial charge in [-0.15, -0.1) is 0 Å². The van der Waals surface area contributed by atoms with Crippen LogP contribution >= 0.6 is 11.8 Å². The summed E-state index contributed by atoms with van der Waals surface area (Å²) >= 11 is 1.66. The van der Waals surface area contributed by atoms with Gasteiger partial charge >= 0.3 is 0 Å². The minimum atomic E-state index is 0.233. The Morgan fingerprint density at radius 3 is 2.58 bits per heavy atom. The van der Waals surface area contributed by atoms with E-state index in [4.69, 9.17) is 9.47 Å². The van der Waals surface area contributed by atoms with Gasteiger partial charge in [0.15, 0.2) is 5.16 Å². The van der Waals surface area contributed by atoms with Crippen LogP contribution < -0.4 is 9.47 Å². The van der Waals surface area contributed by atoms with E-state index < -0.39 is 0 Å². The minimum absolute atomic E-state index is 0.233. The molecule has 5 heteroatoms. The van der Waals surface area contributed by atoms with Crippen LogP contribution in [0, 0.1) is 0 Å². The van der Waals surface area contributed by atoms with E-state index in [0.717, 1.165) is 39.9 Å². The molecule has 0 amide bonds. The Morgan fingerprint density at radius 2 is 1.83 bits per heavy atom. The van der Waals surface area contributed by atoms with Gasteiger partial charge in [-0.2, -0.15) is 0 Å². The number of ether oxygens (including phenoxy) is 2. The molecule has 1 N–H and O–H groups in total. The lowest BCUT2D eigenvalue weighted by atomic mass is 10.3. The van der Waals surface area contributed by atoms with Crippen LogP contribution in [-0.2, 0) is 0 Å². The summed E-state index contributed by atoms with van der Waals surface area (Å²) in [6, 6.07) is 15.8. The maximum Gasteiger partial charge on any atom is 0.166 e. The highest BCUT2D eigenvalue weighted by Gasteiger charge is 2.04. The summed E-state index contributed by atoms with van der Waals surface area (Å²) in [6.45, 7) is 4.81. The summed E-state index contributed by atoms with van der Waals surface area (Å²) in [4.78, 5) is 7.84. The lowest BCUT2D eigenvalue weighted by Crippen LogP contribution is -2.09. The predicted molar refractivity (Wildman–Crippen MR) is 99.1 cm³/mol. The highest BCUT2D eigenvalue weighted by Crippen LogP contribution is 2.21. The number of aromatic nitrogens is 2.